The maximum Gasteiger partial charge on any atom is 0.326 e. The van der Waals surface area contributed by atoms with E-state index in [0.717, 1.165) is 29.4 Å². The van der Waals surface area contributed by atoms with Gasteiger partial charge in [-0.3, -0.25) is 10.1 Å². The van der Waals surface area contributed by atoms with Gasteiger partial charge in [-0.2, -0.15) is 4.37 Å². The first kappa shape index (κ1) is 15.2. The number of thioether (sulfide) groups is 1. The molecule has 0 aliphatic heterocycles. The van der Waals surface area contributed by atoms with Gasteiger partial charge in [0.1, 0.15) is 11.4 Å². The fraction of sp³-hybridized carbons (Fsp3) is 0.786. The molecule has 0 radical (unpaired) electrons. The van der Waals surface area contributed by atoms with Crippen molar-refractivity contribution in [2.75, 3.05) is 6.61 Å². The summed E-state index contributed by atoms with van der Waals surface area (Å²) in [6.45, 7) is 4.22. The molecule has 116 valence electrons. The van der Waals surface area contributed by atoms with Gasteiger partial charge in [0.2, 0.25) is 0 Å². The zero-order chi connectivity index (χ0) is 14.9. The number of aromatic nitrogens is 2. The minimum Gasteiger partial charge on any atom is -0.465 e. The molecule has 2 saturated carbocycles. The van der Waals surface area contributed by atoms with Gasteiger partial charge in [-0.15, -0.1) is 0 Å². The lowest BCUT2D eigenvalue weighted by atomic mass is 9.97. The van der Waals surface area contributed by atoms with E-state index in [0.29, 0.717) is 17.9 Å². The van der Waals surface area contributed by atoms with Crippen LogP contribution in [-0.4, -0.2) is 38.8 Å². The summed E-state index contributed by atoms with van der Waals surface area (Å²) in [4.78, 5) is 16.8. The molecule has 0 saturated heterocycles. The van der Waals surface area contributed by atoms with Gasteiger partial charge in [0.05, 0.1) is 6.61 Å². The molecule has 0 spiro atoms. The van der Waals surface area contributed by atoms with Gasteiger partial charge >= 0.3 is 5.97 Å². The van der Waals surface area contributed by atoms with Crippen molar-refractivity contribution in [3.05, 3.63) is 5.82 Å². The van der Waals surface area contributed by atoms with Crippen molar-refractivity contribution in [2.45, 2.75) is 67.1 Å². The molecule has 2 aliphatic rings. The summed E-state index contributed by atoms with van der Waals surface area (Å²) < 4.78 is 10.5. The van der Waals surface area contributed by atoms with Crippen LogP contribution >= 0.6 is 23.3 Å². The first-order chi connectivity index (χ1) is 10.1. The number of ether oxygens (including phenoxy) is 1. The first-order valence-corrected chi connectivity index (χ1v) is 9.18. The van der Waals surface area contributed by atoms with E-state index in [-0.39, 0.29) is 5.97 Å². The van der Waals surface area contributed by atoms with E-state index in [4.69, 9.17) is 4.74 Å². The lowest BCUT2D eigenvalue weighted by Gasteiger charge is -2.28. The number of esters is 1. The molecule has 7 heteroatoms. The third-order valence-corrected chi connectivity index (χ3v) is 6.11. The number of nitrogens with zero attached hydrogens (tertiary/aromatic N) is 2. The fourth-order valence-electron chi connectivity index (χ4n) is 2.83. The number of carbonyl (C=O) groups excluding carboxylic acids is 1. The Balaban J connectivity index is 1.66. The average molecular weight is 327 g/mol. The second-order valence-corrected chi connectivity index (χ2v) is 8.11. The van der Waals surface area contributed by atoms with E-state index in [1.54, 1.807) is 11.8 Å². The second kappa shape index (κ2) is 6.22. The van der Waals surface area contributed by atoms with E-state index < -0.39 is 5.54 Å². The second-order valence-electron chi connectivity index (χ2n) is 5.81. The Labute approximate surface area is 133 Å². The summed E-state index contributed by atoms with van der Waals surface area (Å²) in [7, 11) is 0. The maximum absolute atomic E-state index is 12.4. The van der Waals surface area contributed by atoms with E-state index in [1.165, 1.54) is 24.4 Å². The van der Waals surface area contributed by atoms with Crippen molar-refractivity contribution >= 4 is 29.3 Å². The molecular formula is C14H21N3O2S2. The summed E-state index contributed by atoms with van der Waals surface area (Å²) in [5, 5.41) is 3.96. The van der Waals surface area contributed by atoms with Crippen LogP contribution < -0.4 is 5.32 Å². The van der Waals surface area contributed by atoms with Gasteiger partial charge in [-0.1, -0.05) is 11.8 Å². The van der Waals surface area contributed by atoms with Crippen LogP contribution in [0.5, 0.6) is 0 Å². The number of aryl methyl sites for hydroxylation is 1. The first-order valence-electron chi connectivity index (χ1n) is 7.53. The van der Waals surface area contributed by atoms with Crippen LogP contribution in [0.15, 0.2) is 4.34 Å². The molecule has 0 amide bonds. The Morgan fingerprint density at radius 1 is 1.52 bits per heavy atom. The van der Waals surface area contributed by atoms with Gasteiger partial charge in [0, 0.05) is 11.3 Å². The monoisotopic (exact) mass is 327 g/mol. The van der Waals surface area contributed by atoms with Crippen LogP contribution in [0.4, 0.5) is 0 Å². The number of nitrogens with one attached hydrogen (secondary N) is 1. The predicted molar refractivity (Wildman–Crippen MR) is 83.7 cm³/mol. The van der Waals surface area contributed by atoms with Crippen molar-refractivity contribution in [1.82, 2.24) is 14.7 Å². The third-order valence-electron chi connectivity index (χ3n) is 3.97. The predicted octanol–water partition coefficient (Wildman–Crippen LogP) is 2.55. The fourth-order valence-corrected chi connectivity index (χ4v) is 5.02. The van der Waals surface area contributed by atoms with Crippen molar-refractivity contribution < 1.29 is 9.53 Å². The van der Waals surface area contributed by atoms with Crippen molar-refractivity contribution in [3.8, 4) is 0 Å². The number of carbonyl (C=O) groups is 1. The van der Waals surface area contributed by atoms with Crippen LogP contribution in [0.1, 0.15) is 44.9 Å². The van der Waals surface area contributed by atoms with Crippen LogP contribution in [-0.2, 0) is 9.53 Å². The Morgan fingerprint density at radius 2 is 2.33 bits per heavy atom. The molecule has 2 atom stereocenters. The molecule has 0 aromatic carbocycles. The highest BCUT2D eigenvalue weighted by Crippen LogP contribution is 2.42. The lowest BCUT2D eigenvalue weighted by Crippen LogP contribution is -2.52. The molecule has 1 heterocycles. The molecule has 0 bridgehead atoms. The highest BCUT2D eigenvalue weighted by molar-refractivity contribution is 8.01. The van der Waals surface area contributed by atoms with Gasteiger partial charge in [0.25, 0.3) is 0 Å². The van der Waals surface area contributed by atoms with E-state index >= 15 is 0 Å². The Bertz CT molecular complexity index is 518. The van der Waals surface area contributed by atoms with Crippen molar-refractivity contribution in [2.24, 2.45) is 0 Å². The van der Waals surface area contributed by atoms with Gasteiger partial charge in [-0.25, -0.2) is 4.98 Å². The summed E-state index contributed by atoms with van der Waals surface area (Å²) in [5.41, 5.74) is -0.478. The summed E-state index contributed by atoms with van der Waals surface area (Å²) >= 11 is 3.20. The lowest BCUT2D eigenvalue weighted by molar-refractivity contribution is -0.151. The molecule has 3 rings (SSSR count). The number of rotatable bonds is 6. The quantitative estimate of drug-likeness (QED) is 0.810. The molecule has 1 N–H and O–H groups in total. The zero-order valence-corrected chi connectivity index (χ0v) is 14.1. The van der Waals surface area contributed by atoms with Crippen LogP contribution in [0.3, 0.4) is 0 Å². The van der Waals surface area contributed by atoms with Crippen molar-refractivity contribution in [3.63, 3.8) is 0 Å². The van der Waals surface area contributed by atoms with Gasteiger partial charge < -0.3 is 4.74 Å². The van der Waals surface area contributed by atoms with Crippen molar-refractivity contribution in [1.29, 1.82) is 0 Å². The smallest absolute Gasteiger partial charge is 0.326 e. The van der Waals surface area contributed by atoms with Crippen LogP contribution in [0, 0.1) is 6.92 Å². The summed E-state index contributed by atoms with van der Waals surface area (Å²) in [6, 6.07) is 0.502. The Morgan fingerprint density at radius 3 is 2.95 bits per heavy atom. The molecule has 5 nitrogen and oxygen atoms in total. The zero-order valence-electron chi connectivity index (χ0n) is 12.4. The highest BCUT2D eigenvalue weighted by atomic mass is 32.2. The molecule has 1 aromatic rings. The minimum atomic E-state index is -0.478. The van der Waals surface area contributed by atoms with Gasteiger partial charge in [0.15, 0.2) is 4.34 Å². The van der Waals surface area contributed by atoms with E-state index in [1.807, 2.05) is 13.8 Å². The van der Waals surface area contributed by atoms with E-state index in [2.05, 4.69) is 14.7 Å². The topological polar surface area (TPSA) is 64.1 Å². The molecule has 2 fully saturated rings. The largest absolute Gasteiger partial charge is 0.465 e. The Hall–Kier alpha value is -0.660. The average Bonchev–Trinajstić information content (AvgIpc) is 3.01. The molecular weight excluding hydrogens is 306 g/mol. The van der Waals surface area contributed by atoms with Crippen LogP contribution in [0.25, 0.3) is 0 Å². The van der Waals surface area contributed by atoms with Gasteiger partial charge in [-0.05, 0) is 57.5 Å². The normalized spacial score (nSPS) is 28.8. The number of hydrogen-bond acceptors (Lipinski definition) is 7. The minimum absolute atomic E-state index is 0.0755. The van der Waals surface area contributed by atoms with Crippen LogP contribution in [0.2, 0.25) is 0 Å². The molecule has 21 heavy (non-hydrogen) atoms. The summed E-state index contributed by atoms with van der Waals surface area (Å²) in [6.07, 6.45) is 5.05. The molecule has 2 aliphatic carbocycles. The maximum atomic E-state index is 12.4. The molecule has 2 unspecified atom stereocenters. The Kier molecular flexibility index (Phi) is 4.51. The standard InChI is InChI=1S/C14H21N3O2S2/c1-3-19-12(18)14(16-10-4-5-10)7-6-11(8-14)20-13-15-9(2)17-21-13/h10-11,16H,3-8H2,1-2H3. The highest BCUT2D eigenvalue weighted by Gasteiger charge is 2.49. The summed E-state index contributed by atoms with van der Waals surface area (Å²) in [5.74, 6) is 0.752. The number of hydrogen-bond donors (Lipinski definition) is 1. The third kappa shape index (κ3) is 3.57. The SMILES string of the molecule is CCOC(=O)C1(NC2CC2)CCC(Sc2nc(C)ns2)C1. The molecule has 1 aromatic heterocycles. The van der Waals surface area contributed by atoms with E-state index in [9.17, 15) is 4.79 Å².